The normalized spacial score (nSPS) is 19.9. The molecule has 1 aliphatic heterocycles. The summed E-state index contributed by atoms with van der Waals surface area (Å²) in [6, 6.07) is 0.354. The summed E-state index contributed by atoms with van der Waals surface area (Å²) >= 11 is 0. The monoisotopic (exact) mass is 281 g/mol. The Morgan fingerprint density at radius 1 is 1.60 bits per heavy atom. The minimum atomic E-state index is -0.463. The molecule has 3 N–H and O–H groups in total. The van der Waals surface area contributed by atoms with Gasteiger partial charge in [-0.05, 0) is 13.5 Å². The average molecular weight is 281 g/mol. The smallest absolute Gasteiger partial charge is 0.329 e. The highest BCUT2D eigenvalue weighted by molar-refractivity contribution is 5.59. The van der Waals surface area contributed by atoms with Crippen LogP contribution < -0.4 is 16.2 Å². The standard InChI is InChI=1S/C11H19N7O2/c1-3-8-7-17(5-4-16(8)2)10-9(18(19)20)6-13-11(14-10)15-12/h6,8H,3-5,7,12H2,1-2H3,(H,13,14,15). The molecule has 20 heavy (non-hydrogen) atoms. The van der Waals surface area contributed by atoms with Gasteiger partial charge in [-0.25, -0.2) is 10.8 Å². The van der Waals surface area contributed by atoms with Crippen molar-refractivity contribution in [3.8, 4) is 0 Å². The number of nitrogen functional groups attached to an aromatic ring is 1. The third-order valence-electron chi connectivity index (χ3n) is 3.62. The van der Waals surface area contributed by atoms with Crippen molar-refractivity contribution in [2.24, 2.45) is 5.84 Å². The van der Waals surface area contributed by atoms with Crippen molar-refractivity contribution in [1.82, 2.24) is 14.9 Å². The summed E-state index contributed by atoms with van der Waals surface area (Å²) in [5.74, 6) is 5.78. The fraction of sp³-hybridized carbons (Fsp3) is 0.636. The Kier molecular flexibility index (Phi) is 4.30. The molecule has 0 saturated carbocycles. The third-order valence-corrected chi connectivity index (χ3v) is 3.62. The highest BCUT2D eigenvalue weighted by Crippen LogP contribution is 2.28. The molecule has 1 aromatic rings. The van der Waals surface area contributed by atoms with Gasteiger partial charge in [0.1, 0.15) is 6.20 Å². The molecule has 1 atom stereocenters. The summed E-state index contributed by atoms with van der Waals surface area (Å²) in [5.41, 5.74) is 2.23. The Hall–Kier alpha value is -2.00. The van der Waals surface area contributed by atoms with Crippen LogP contribution in [0.4, 0.5) is 17.5 Å². The van der Waals surface area contributed by atoms with Crippen LogP contribution in [0.1, 0.15) is 13.3 Å². The number of hydrazine groups is 1. The Bertz CT molecular complexity index is 496. The van der Waals surface area contributed by atoms with Gasteiger partial charge < -0.3 is 4.90 Å². The molecule has 0 spiro atoms. The van der Waals surface area contributed by atoms with E-state index in [1.54, 1.807) is 0 Å². The average Bonchev–Trinajstić information content (AvgIpc) is 2.47. The predicted octanol–water partition coefficient (Wildman–Crippen LogP) is 0.201. The van der Waals surface area contributed by atoms with Gasteiger partial charge in [0.05, 0.1) is 4.92 Å². The van der Waals surface area contributed by atoms with E-state index in [9.17, 15) is 10.1 Å². The van der Waals surface area contributed by atoms with E-state index in [4.69, 9.17) is 5.84 Å². The molecule has 9 heteroatoms. The number of nitrogens with zero attached hydrogens (tertiary/aromatic N) is 5. The molecule has 0 radical (unpaired) electrons. The SMILES string of the molecule is CCC1CN(c2nc(NN)ncc2[N+](=O)[O-])CCN1C. The maximum absolute atomic E-state index is 11.1. The van der Waals surface area contributed by atoms with E-state index in [1.807, 2.05) is 4.90 Å². The first kappa shape index (κ1) is 14.4. The second-order valence-electron chi connectivity index (χ2n) is 4.79. The maximum Gasteiger partial charge on any atom is 0.329 e. The molecular weight excluding hydrogens is 262 g/mol. The van der Waals surface area contributed by atoms with E-state index < -0.39 is 4.92 Å². The molecule has 0 aromatic carbocycles. The van der Waals surface area contributed by atoms with E-state index >= 15 is 0 Å². The van der Waals surface area contributed by atoms with Gasteiger partial charge in [-0.15, -0.1) is 0 Å². The lowest BCUT2D eigenvalue weighted by atomic mass is 10.1. The van der Waals surface area contributed by atoms with Gasteiger partial charge >= 0.3 is 5.69 Å². The first-order valence-electron chi connectivity index (χ1n) is 6.50. The number of nitro groups is 1. The van der Waals surface area contributed by atoms with Gasteiger partial charge in [0.2, 0.25) is 11.8 Å². The molecule has 0 amide bonds. The van der Waals surface area contributed by atoms with Crippen molar-refractivity contribution in [2.45, 2.75) is 19.4 Å². The number of aromatic nitrogens is 2. The third kappa shape index (κ3) is 2.78. The lowest BCUT2D eigenvalue weighted by molar-refractivity contribution is -0.384. The minimum absolute atomic E-state index is 0.0941. The molecule has 1 saturated heterocycles. The molecule has 1 unspecified atom stereocenters. The van der Waals surface area contributed by atoms with Gasteiger partial charge in [0.25, 0.3) is 0 Å². The number of hydrogen-bond acceptors (Lipinski definition) is 8. The Balaban J connectivity index is 2.32. The van der Waals surface area contributed by atoms with Crippen LogP contribution in [0.3, 0.4) is 0 Å². The molecule has 0 bridgehead atoms. The Morgan fingerprint density at radius 2 is 2.35 bits per heavy atom. The molecule has 110 valence electrons. The number of hydrogen-bond donors (Lipinski definition) is 2. The summed E-state index contributed by atoms with van der Waals surface area (Å²) in [6.07, 6.45) is 2.17. The highest BCUT2D eigenvalue weighted by atomic mass is 16.6. The van der Waals surface area contributed by atoms with Crippen LogP contribution in [0, 0.1) is 10.1 Å². The van der Waals surface area contributed by atoms with Crippen molar-refractivity contribution >= 4 is 17.5 Å². The molecule has 2 rings (SSSR count). The topological polar surface area (TPSA) is 113 Å². The van der Waals surface area contributed by atoms with Crippen LogP contribution in [-0.4, -0.2) is 52.5 Å². The quantitative estimate of drug-likeness (QED) is 0.457. The first-order chi connectivity index (χ1) is 9.56. The lowest BCUT2D eigenvalue weighted by Gasteiger charge is -2.39. The fourth-order valence-electron chi connectivity index (χ4n) is 2.38. The number of likely N-dealkylation sites (N-methyl/N-ethyl adjacent to an activating group) is 1. The molecule has 9 nitrogen and oxygen atoms in total. The van der Waals surface area contributed by atoms with E-state index in [0.29, 0.717) is 24.9 Å². The van der Waals surface area contributed by atoms with Gasteiger partial charge in [0, 0.05) is 25.7 Å². The van der Waals surface area contributed by atoms with Crippen molar-refractivity contribution in [3.63, 3.8) is 0 Å². The summed E-state index contributed by atoms with van der Waals surface area (Å²) < 4.78 is 0. The van der Waals surface area contributed by atoms with Crippen LogP contribution in [-0.2, 0) is 0 Å². The number of piperazine rings is 1. The molecule has 1 aromatic heterocycles. The van der Waals surface area contributed by atoms with Crippen molar-refractivity contribution in [1.29, 1.82) is 0 Å². The van der Waals surface area contributed by atoms with Crippen LogP contribution in [0.2, 0.25) is 0 Å². The van der Waals surface area contributed by atoms with Crippen LogP contribution in [0.15, 0.2) is 6.20 Å². The van der Waals surface area contributed by atoms with Crippen molar-refractivity contribution < 1.29 is 4.92 Å². The summed E-state index contributed by atoms with van der Waals surface area (Å²) in [7, 11) is 2.06. The zero-order chi connectivity index (χ0) is 14.7. The molecule has 2 heterocycles. The van der Waals surface area contributed by atoms with Crippen LogP contribution >= 0.6 is 0 Å². The van der Waals surface area contributed by atoms with Gasteiger partial charge in [-0.1, -0.05) is 6.92 Å². The summed E-state index contributed by atoms with van der Waals surface area (Å²) in [5, 5.41) is 11.1. The second-order valence-corrected chi connectivity index (χ2v) is 4.79. The van der Waals surface area contributed by atoms with Crippen LogP contribution in [0.5, 0.6) is 0 Å². The van der Waals surface area contributed by atoms with E-state index in [0.717, 1.165) is 13.0 Å². The molecule has 1 fully saturated rings. The lowest BCUT2D eigenvalue weighted by Crippen LogP contribution is -2.51. The van der Waals surface area contributed by atoms with Crippen molar-refractivity contribution in [2.75, 3.05) is 37.0 Å². The Morgan fingerprint density at radius 3 is 2.95 bits per heavy atom. The van der Waals surface area contributed by atoms with E-state index in [1.165, 1.54) is 6.20 Å². The second kappa shape index (κ2) is 5.97. The van der Waals surface area contributed by atoms with E-state index in [2.05, 4.69) is 34.3 Å². The maximum atomic E-state index is 11.1. The zero-order valence-corrected chi connectivity index (χ0v) is 11.6. The fourth-order valence-corrected chi connectivity index (χ4v) is 2.38. The summed E-state index contributed by atoms with van der Waals surface area (Å²) in [4.78, 5) is 22.8. The van der Waals surface area contributed by atoms with E-state index in [-0.39, 0.29) is 11.6 Å². The molecule has 1 aliphatic rings. The van der Waals surface area contributed by atoms with Crippen LogP contribution in [0.25, 0.3) is 0 Å². The largest absolute Gasteiger partial charge is 0.348 e. The number of nitrogens with two attached hydrogens (primary N) is 1. The Labute approximate surface area is 116 Å². The van der Waals surface area contributed by atoms with Gasteiger partial charge in [0.15, 0.2) is 0 Å². The number of nitrogens with one attached hydrogen (secondary N) is 1. The van der Waals surface area contributed by atoms with Crippen molar-refractivity contribution in [3.05, 3.63) is 16.3 Å². The first-order valence-corrected chi connectivity index (χ1v) is 6.50. The molecular formula is C11H19N7O2. The minimum Gasteiger partial charge on any atom is -0.348 e. The van der Waals surface area contributed by atoms with Gasteiger partial charge in [-0.3, -0.25) is 20.4 Å². The number of rotatable bonds is 4. The summed E-state index contributed by atoms with van der Waals surface area (Å²) in [6.45, 7) is 4.33. The van der Waals surface area contributed by atoms with Gasteiger partial charge in [-0.2, -0.15) is 4.98 Å². The highest BCUT2D eigenvalue weighted by Gasteiger charge is 2.29. The number of anilines is 2. The predicted molar refractivity (Wildman–Crippen MR) is 75.4 cm³/mol. The molecule has 0 aliphatic carbocycles. The zero-order valence-electron chi connectivity index (χ0n) is 11.6.